The molecule has 0 spiro atoms. The fourth-order valence-corrected chi connectivity index (χ4v) is 2.47. The second-order valence-corrected chi connectivity index (χ2v) is 5.76. The van der Waals surface area contributed by atoms with Gasteiger partial charge in [0.15, 0.2) is 0 Å². The van der Waals surface area contributed by atoms with Crippen LogP contribution in [0.4, 0.5) is 20.6 Å². The molecule has 140 valence electrons. The van der Waals surface area contributed by atoms with Crippen LogP contribution in [0.25, 0.3) is 0 Å². The SMILES string of the molecule is CC(=O)NC[C@H]1CN(c2ccc(NC(=O)c3cnccn3)c(F)c2)C(=O)O1. The zero-order valence-corrected chi connectivity index (χ0v) is 14.3. The molecule has 10 heteroatoms. The van der Waals surface area contributed by atoms with Gasteiger partial charge in [-0.1, -0.05) is 0 Å². The molecule has 0 unspecified atom stereocenters. The lowest BCUT2D eigenvalue weighted by Gasteiger charge is -2.14. The highest BCUT2D eigenvalue weighted by Gasteiger charge is 2.32. The summed E-state index contributed by atoms with van der Waals surface area (Å²) in [6.45, 7) is 1.70. The number of amides is 3. The molecule has 0 radical (unpaired) electrons. The second kappa shape index (κ2) is 7.77. The molecule has 1 saturated heterocycles. The van der Waals surface area contributed by atoms with E-state index in [-0.39, 0.29) is 36.1 Å². The van der Waals surface area contributed by atoms with Gasteiger partial charge >= 0.3 is 6.09 Å². The first-order chi connectivity index (χ1) is 12.9. The van der Waals surface area contributed by atoms with Crippen LogP contribution >= 0.6 is 0 Å². The molecule has 0 aliphatic carbocycles. The molecule has 3 amide bonds. The largest absolute Gasteiger partial charge is 0.442 e. The van der Waals surface area contributed by atoms with Gasteiger partial charge in [0.2, 0.25) is 5.91 Å². The number of nitrogens with one attached hydrogen (secondary N) is 2. The summed E-state index contributed by atoms with van der Waals surface area (Å²) in [4.78, 5) is 43.8. The number of carbonyl (C=O) groups excluding carboxylic acids is 3. The number of aromatic nitrogens is 2. The van der Waals surface area contributed by atoms with Gasteiger partial charge < -0.3 is 15.4 Å². The lowest BCUT2D eigenvalue weighted by molar-refractivity contribution is -0.119. The van der Waals surface area contributed by atoms with Crippen molar-refractivity contribution in [1.29, 1.82) is 0 Å². The molecule has 1 aromatic carbocycles. The topological polar surface area (TPSA) is 114 Å². The van der Waals surface area contributed by atoms with Gasteiger partial charge in [0.1, 0.15) is 17.6 Å². The normalized spacial score (nSPS) is 16.0. The zero-order chi connectivity index (χ0) is 19.4. The molecular weight excluding hydrogens is 357 g/mol. The van der Waals surface area contributed by atoms with Crippen LogP contribution in [-0.4, -0.2) is 47.1 Å². The molecule has 1 aliphatic rings. The van der Waals surface area contributed by atoms with Crippen molar-refractivity contribution in [2.45, 2.75) is 13.0 Å². The fourth-order valence-electron chi connectivity index (χ4n) is 2.47. The monoisotopic (exact) mass is 373 g/mol. The summed E-state index contributed by atoms with van der Waals surface area (Å²) in [7, 11) is 0. The average Bonchev–Trinajstić information content (AvgIpc) is 3.03. The third-order valence-corrected chi connectivity index (χ3v) is 3.76. The van der Waals surface area contributed by atoms with E-state index in [1.807, 2.05) is 0 Å². The van der Waals surface area contributed by atoms with Crippen LogP contribution in [0.2, 0.25) is 0 Å². The maximum Gasteiger partial charge on any atom is 0.414 e. The van der Waals surface area contributed by atoms with Crippen molar-refractivity contribution in [2.24, 2.45) is 0 Å². The molecule has 9 nitrogen and oxygen atoms in total. The molecule has 27 heavy (non-hydrogen) atoms. The minimum atomic E-state index is -0.720. The van der Waals surface area contributed by atoms with E-state index >= 15 is 0 Å². The molecule has 1 aromatic heterocycles. The van der Waals surface area contributed by atoms with Crippen LogP contribution in [0.1, 0.15) is 17.4 Å². The summed E-state index contributed by atoms with van der Waals surface area (Å²) < 4.78 is 19.5. The Morgan fingerprint density at radius 2 is 2.19 bits per heavy atom. The van der Waals surface area contributed by atoms with Crippen molar-refractivity contribution in [3.63, 3.8) is 0 Å². The molecule has 0 saturated carbocycles. The van der Waals surface area contributed by atoms with E-state index in [4.69, 9.17) is 4.74 Å². The van der Waals surface area contributed by atoms with Gasteiger partial charge in [-0.3, -0.25) is 19.5 Å². The number of cyclic esters (lactones) is 1. The quantitative estimate of drug-likeness (QED) is 0.817. The molecule has 2 aromatic rings. The zero-order valence-electron chi connectivity index (χ0n) is 14.3. The molecule has 2 heterocycles. The van der Waals surface area contributed by atoms with Gasteiger partial charge in [-0.25, -0.2) is 14.2 Å². The smallest absolute Gasteiger partial charge is 0.414 e. The van der Waals surface area contributed by atoms with Gasteiger partial charge in [0, 0.05) is 19.3 Å². The summed E-state index contributed by atoms with van der Waals surface area (Å²) in [6, 6.07) is 3.94. The van der Waals surface area contributed by atoms with Gasteiger partial charge in [0.05, 0.1) is 30.7 Å². The van der Waals surface area contributed by atoms with Crippen molar-refractivity contribution in [3.8, 4) is 0 Å². The van der Waals surface area contributed by atoms with Gasteiger partial charge in [-0.15, -0.1) is 0 Å². The number of hydrogen-bond donors (Lipinski definition) is 2. The van der Waals surface area contributed by atoms with Gasteiger partial charge in [0.25, 0.3) is 5.91 Å². The first-order valence-electron chi connectivity index (χ1n) is 8.03. The highest BCUT2D eigenvalue weighted by molar-refractivity contribution is 6.02. The molecule has 3 rings (SSSR count). The maximum absolute atomic E-state index is 14.4. The maximum atomic E-state index is 14.4. The van der Waals surface area contributed by atoms with Crippen molar-refractivity contribution in [2.75, 3.05) is 23.3 Å². The van der Waals surface area contributed by atoms with Gasteiger partial charge in [-0.05, 0) is 18.2 Å². The molecular formula is C17H16FN5O4. The minimum absolute atomic E-state index is 0.0462. The van der Waals surface area contributed by atoms with E-state index in [9.17, 15) is 18.8 Å². The van der Waals surface area contributed by atoms with E-state index in [1.165, 1.54) is 42.5 Å². The van der Waals surface area contributed by atoms with E-state index in [0.29, 0.717) is 0 Å². The van der Waals surface area contributed by atoms with Crippen LogP contribution < -0.4 is 15.5 Å². The van der Waals surface area contributed by atoms with Crippen LogP contribution in [-0.2, 0) is 9.53 Å². The van der Waals surface area contributed by atoms with Crippen molar-refractivity contribution < 1.29 is 23.5 Å². The Balaban J connectivity index is 1.68. The van der Waals surface area contributed by atoms with Gasteiger partial charge in [-0.2, -0.15) is 0 Å². The van der Waals surface area contributed by atoms with Crippen LogP contribution in [0.5, 0.6) is 0 Å². The third-order valence-electron chi connectivity index (χ3n) is 3.76. The highest BCUT2D eigenvalue weighted by Crippen LogP contribution is 2.26. The number of benzene rings is 1. The lowest BCUT2D eigenvalue weighted by atomic mass is 10.2. The minimum Gasteiger partial charge on any atom is -0.442 e. The lowest BCUT2D eigenvalue weighted by Crippen LogP contribution is -2.33. The number of halogens is 1. The van der Waals surface area contributed by atoms with Crippen molar-refractivity contribution in [3.05, 3.63) is 48.3 Å². The van der Waals surface area contributed by atoms with Crippen LogP contribution in [0.15, 0.2) is 36.8 Å². The molecule has 2 N–H and O–H groups in total. The van der Waals surface area contributed by atoms with Crippen molar-refractivity contribution >= 4 is 29.3 Å². The Labute approximate surface area is 153 Å². The fraction of sp³-hybridized carbons (Fsp3) is 0.235. The predicted octanol–water partition coefficient (Wildman–Crippen LogP) is 1.33. The first-order valence-corrected chi connectivity index (χ1v) is 8.03. The summed E-state index contributed by atoms with van der Waals surface area (Å²) in [5.74, 6) is -1.56. The van der Waals surface area contributed by atoms with E-state index < -0.39 is 23.9 Å². The molecule has 0 bridgehead atoms. The highest BCUT2D eigenvalue weighted by atomic mass is 19.1. The number of ether oxygens (including phenoxy) is 1. The van der Waals surface area contributed by atoms with Crippen LogP contribution in [0, 0.1) is 5.82 Å². The number of carbonyl (C=O) groups is 3. The summed E-state index contributed by atoms with van der Waals surface area (Å²) in [5.41, 5.74) is 0.266. The number of nitrogens with zero attached hydrogens (tertiary/aromatic N) is 3. The summed E-state index contributed by atoms with van der Waals surface area (Å²) in [5, 5.41) is 4.96. The van der Waals surface area contributed by atoms with Crippen molar-refractivity contribution in [1.82, 2.24) is 15.3 Å². The standard InChI is InChI=1S/C17H16FN5O4/c1-10(24)21-7-12-9-23(17(26)27-12)11-2-3-14(13(18)6-11)22-16(25)15-8-19-4-5-20-15/h2-6,8,12H,7,9H2,1H3,(H,21,24)(H,22,25)/t12-/m0/s1. The Morgan fingerprint density at radius 1 is 1.37 bits per heavy atom. The second-order valence-electron chi connectivity index (χ2n) is 5.76. The molecule has 1 atom stereocenters. The average molecular weight is 373 g/mol. The predicted molar refractivity (Wildman–Crippen MR) is 92.7 cm³/mol. The van der Waals surface area contributed by atoms with E-state index in [1.54, 1.807) is 0 Å². The number of hydrogen-bond acceptors (Lipinski definition) is 6. The molecule has 1 fully saturated rings. The Bertz CT molecular complexity index is 877. The first kappa shape index (κ1) is 18.2. The summed E-state index contributed by atoms with van der Waals surface area (Å²) >= 11 is 0. The number of anilines is 2. The Morgan fingerprint density at radius 3 is 2.85 bits per heavy atom. The van der Waals surface area contributed by atoms with E-state index in [0.717, 1.165) is 6.07 Å². The summed E-state index contributed by atoms with van der Waals surface area (Å²) in [6.07, 6.45) is 2.86. The third kappa shape index (κ3) is 4.35. The Hall–Kier alpha value is -3.56. The number of rotatable bonds is 5. The Kier molecular flexibility index (Phi) is 5.25. The molecule has 1 aliphatic heterocycles. The van der Waals surface area contributed by atoms with E-state index in [2.05, 4.69) is 20.6 Å². The van der Waals surface area contributed by atoms with Crippen LogP contribution in [0.3, 0.4) is 0 Å².